The summed E-state index contributed by atoms with van der Waals surface area (Å²) in [6, 6.07) is -0.804. The van der Waals surface area contributed by atoms with Crippen LogP contribution in [0, 0.1) is 5.41 Å². The number of rotatable bonds is 3. The maximum atomic E-state index is 12.3. The Morgan fingerprint density at radius 1 is 1.44 bits per heavy atom. The van der Waals surface area contributed by atoms with Crippen molar-refractivity contribution in [2.45, 2.75) is 46.2 Å². The van der Waals surface area contributed by atoms with Crippen molar-refractivity contribution in [3.63, 3.8) is 0 Å². The Hall–Kier alpha value is -0.620. The summed E-state index contributed by atoms with van der Waals surface area (Å²) in [5.74, 6) is 0.0995. The maximum absolute atomic E-state index is 12.3. The summed E-state index contributed by atoms with van der Waals surface area (Å²) in [6.07, 6.45) is 0.527. The van der Waals surface area contributed by atoms with E-state index >= 15 is 0 Å². The van der Waals surface area contributed by atoms with Crippen molar-refractivity contribution < 1.29 is 13.2 Å². The number of nitrogens with two attached hydrogens (primary N) is 1. The zero-order valence-corrected chi connectivity index (χ0v) is 12.5. The monoisotopic (exact) mass is 276 g/mol. The predicted molar refractivity (Wildman–Crippen MR) is 71.9 cm³/mol. The van der Waals surface area contributed by atoms with Crippen LogP contribution in [0.4, 0.5) is 0 Å². The normalized spacial score (nSPS) is 24.8. The molecular formula is C12H24N2O3S. The molecule has 0 saturated carbocycles. The van der Waals surface area contributed by atoms with Crippen LogP contribution in [-0.2, 0) is 14.6 Å². The van der Waals surface area contributed by atoms with Crippen molar-refractivity contribution in [2.75, 3.05) is 18.1 Å². The summed E-state index contributed by atoms with van der Waals surface area (Å²) >= 11 is 0. The van der Waals surface area contributed by atoms with E-state index in [9.17, 15) is 13.2 Å². The molecule has 18 heavy (non-hydrogen) atoms. The van der Waals surface area contributed by atoms with Crippen LogP contribution in [0.3, 0.4) is 0 Å². The Labute approximate surface area is 110 Å². The van der Waals surface area contributed by atoms with Crippen LogP contribution in [0.15, 0.2) is 0 Å². The van der Waals surface area contributed by atoms with Crippen LogP contribution in [-0.4, -0.2) is 49.4 Å². The van der Waals surface area contributed by atoms with Gasteiger partial charge in [-0.3, -0.25) is 4.79 Å². The van der Waals surface area contributed by atoms with Gasteiger partial charge in [0.25, 0.3) is 0 Å². The molecule has 0 aliphatic carbocycles. The number of carbonyl (C=O) groups excluding carboxylic acids is 1. The lowest BCUT2D eigenvalue weighted by atomic mass is 9.86. The van der Waals surface area contributed by atoms with Crippen molar-refractivity contribution in [1.82, 2.24) is 4.90 Å². The largest absolute Gasteiger partial charge is 0.338 e. The number of carbonyl (C=O) groups is 1. The van der Waals surface area contributed by atoms with Gasteiger partial charge in [-0.1, -0.05) is 20.8 Å². The Kier molecular flexibility index (Phi) is 4.43. The van der Waals surface area contributed by atoms with E-state index in [1.54, 1.807) is 4.90 Å². The molecule has 1 rings (SSSR count). The number of likely N-dealkylation sites (N-methyl/N-ethyl adjacent to an activating group) is 1. The van der Waals surface area contributed by atoms with Crippen LogP contribution in [0.1, 0.15) is 34.1 Å². The molecule has 0 aromatic carbocycles. The molecule has 2 N–H and O–H groups in total. The SMILES string of the molecule is CCN(C(=O)[C@H](N)C(C)(C)C)C1CCS(=O)(=O)C1. The summed E-state index contributed by atoms with van der Waals surface area (Å²) in [7, 11) is -2.98. The molecule has 106 valence electrons. The van der Waals surface area contributed by atoms with Gasteiger partial charge >= 0.3 is 0 Å². The van der Waals surface area contributed by atoms with Gasteiger partial charge in [0.05, 0.1) is 17.5 Å². The van der Waals surface area contributed by atoms with Gasteiger partial charge in [-0.2, -0.15) is 0 Å². The Morgan fingerprint density at radius 3 is 2.33 bits per heavy atom. The van der Waals surface area contributed by atoms with E-state index in [0.29, 0.717) is 13.0 Å². The lowest BCUT2D eigenvalue weighted by molar-refractivity contribution is -0.136. The van der Waals surface area contributed by atoms with Gasteiger partial charge in [-0.25, -0.2) is 8.42 Å². The van der Waals surface area contributed by atoms with Gasteiger partial charge in [0, 0.05) is 12.6 Å². The van der Waals surface area contributed by atoms with Gasteiger partial charge in [-0.05, 0) is 18.8 Å². The van der Waals surface area contributed by atoms with Crippen molar-refractivity contribution in [3.05, 3.63) is 0 Å². The van der Waals surface area contributed by atoms with Crippen LogP contribution >= 0.6 is 0 Å². The van der Waals surface area contributed by atoms with Crippen LogP contribution in [0.25, 0.3) is 0 Å². The Bertz CT molecular complexity index is 412. The Morgan fingerprint density at radius 2 is 2.00 bits per heavy atom. The number of nitrogens with zero attached hydrogens (tertiary/aromatic N) is 1. The highest BCUT2D eigenvalue weighted by Gasteiger charge is 2.38. The lowest BCUT2D eigenvalue weighted by Gasteiger charge is -2.34. The first-order chi connectivity index (χ1) is 8.08. The molecule has 1 fully saturated rings. The lowest BCUT2D eigenvalue weighted by Crippen LogP contribution is -2.53. The number of hydrogen-bond donors (Lipinski definition) is 1. The molecule has 0 aromatic rings. The molecule has 0 spiro atoms. The third-order valence-corrected chi connectivity index (χ3v) is 5.22. The highest BCUT2D eigenvalue weighted by atomic mass is 32.2. The quantitative estimate of drug-likeness (QED) is 0.809. The second-order valence-corrected chi connectivity index (χ2v) is 8.25. The molecular weight excluding hydrogens is 252 g/mol. The summed E-state index contributed by atoms with van der Waals surface area (Å²) in [4.78, 5) is 14.0. The maximum Gasteiger partial charge on any atom is 0.240 e. The minimum Gasteiger partial charge on any atom is -0.338 e. The van der Waals surface area contributed by atoms with Gasteiger partial charge < -0.3 is 10.6 Å². The molecule has 1 heterocycles. The van der Waals surface area contributed by atoms with E-state index in [1.807, 2.05) is 27.7 Å². The first kappa shape index (κ1) is 15.4. The average molecular weight is 276 g/mol. The number of sulfone groups is 1. The van der Waals surface area contributed by atoms with E-state index in [4.69, 9.17) is 5.73 Å². The van der Waals surface area contributed by atoms with E-state index in [1.165, 1.54) is 0 Å². The van der Waals surface area contributed by atoms with Crippen molar-refractivity contribution >= 4 is 15.7 Å². The van der Waals surface area contributed by atoms with Crippen LogP contribution in [0.5, 0.6) is 0 Å². The molecule has 1 amide bonds. The van der Waals surface area contributed by atoms with E-state index in [2.05, 4.69) is 0 Å². The zero-order chi connectivity index (χ0) is 14.1. The van der Waals surface area contributed by atoms with Gasteiger partial charge in [-0.15, -0.1) is 0 Å². The predicted octanol–water partition coefficient (Wildman–Crippen LogP) is 0.395. The number of hydrogen-bond acceptors (Lipinski definition) is 4. The van der Waals surface area contributed by atoms with Crippen molar-refractivity contribution in [2.24, 2.45) is 11.1 Å². The molecule has 0 radical (unpaired) electrons. The second kappa shape index (κ2) is 5.17. The summed E-state index contributed by atoms with van der Waals surface area (Å²) in [6.45, 7) is 8.10. The first-order valence-electron chi connectivity index (χ1n) is 6.35. The van der Waals surface area contributed by atoms with Gasteiger partial charge in [0.2, 0.25) is 5.91 Å². The van der Waals surface area contributed by atoms with Crippen molar-refractivity contribution in [1.29, 1.82) is 0 Å². The van der Waals surface area contributed by atoms with Crippen LogP contribution in [0.2, 0.25) is 0 Å². The smallest absolute Gasteiger partial charge is 0.240 e. The molecule has 1 aliphatic heterocycles. The summed E-state index contributed by atoms with van der Waals surface area (Å²) in [5.41, 5.74) is 5.65. The number of amides is 1. The zero-order valence-electron chi connectivity index (χ0n) is 11.6. The van der Waals surface area contributed by atoms with E-state index in [-0.39, 0.29) is 28.9 Å². The van der Waals surface area contributed by atoms with E-state index in [0.717, 1.165) is 0 Å². The first-order valence-corrected chi connectivity index (χ1v) is 8.17. The molecule has 1 aliphatic rings. The topological polar surface area (TPSA) is 80.5 Å². The Balaban J connectivity index is 2.82. The van der Waals surface area contributed by atoms with Gasteiger partial charge in [0.15, 0.2) is 9.84 Å². The minimum absolute atomic E-state index is 0.0729. The van der Waals surface area contributed by atoms with Crippen molar-refractivity contribution in [3.8, 4) is 0 Å². The highest BCUT2D eigenvalue weighted by Crippen LogP contribution is 2.23. The summed E-state index contributed by atoms with van der Waals surface area (Å²) < 4.78 is 23.0. The second-order valence-electron chi connectivity index (χ2n) is 6.02. The fourth-order valence-electron chi connectivity index (χ4n) is 2.16. The molecule has 0 aromatic heterocycles. The average Bonchev–Trinajstić information content (AvgIpc) is 2.57. The molecule has 1 saturated heterocycles. The standard InChI is InChI=1S/C12H24N2O3S/c1-5-14(9-6-7-18(16,17)8-9)11(15)10(13)12(2,3)4/h9-10H,5-8,13H2,1-4H3/t9?,10-/m0/s1. The fraction of sp³-hybridized carbons (Fsp3) is 0.917. The highest BCUT2D eigenvalue weighted by molar-refractivity contribution is 7.91. The molecule has 2 atom stereocenters. The molecule has 0 bridgehead atoms. The van der Waals surface area contributed by atoms with Crippen LogP contribution < -0.4 is 5.73 Å². The third kappa shape index (κ3) is 3.45. The van der Waals surface area contributed by atoms with Gasteiger partial charge in [0.1, 0.15) is 0 Å². The summed E-state index contributed by atoms with van der Waals surface area (Å²) in [5, 5.41) is 0. The third-order valence-electron chi connectivity index (χ3n) is 3.47. The molecule has 5 nitrogen and oxygen atoms in total. The molecule has 6 heteroatoms. The molecule has 1 unspecified atom stereocenters. The minimum atomic E-state index is -2.98. The fourth-order valence-corrected chi connectivity index (χ4v) is 3.89. The van der Waals surface area contributed by atoms with E-state index < -0.39 is 15.9 Å².